The molecule has 0 saturated carbocycles. The number of ether oxygens (including phenoxy) is 1. The van der Waals surface area contributed by atoms with Gasteiger partial charge in [-0.1, -0.05) is 67.1 Å². The number of nitrogens with zero attached hydrogens (tertiary/aromatic N) is 1. The zero-order valence-corrected chi connectivity index (χ0v) is 15.7. The number of hydrogen-bond acceptors (Lipinski definition) is 3. The van der Waals surface area contributed by atoms with E-state index in [9.17, 15) is 9.59 Å². The molecule has 0 saturated heterocycles. The molecule has 27 heavy (non-hydrogen) atoms. The molecule has 0 aliphatic heterocycles. The Morgan fingerprint density at radius 1 is 0.963 bits per heavy atom. The van der Waals surface area contributed by atoms with Gasteiger partial charge in [0.15, 0.2) is 0 Å². The third-order valence-electron chi connectivity index (χ3n) is 4.59. The van der Waals surface area contributed by atoms with Gasteiger partial charge in [0.2, 0.25) is 0 Å². The number of hydrogen-bond donors (Lipinski definition) is 1. The zero-order valence-electron chi connectivity index (χ0n) is 15.7. The van der Waals surface area contributed by atoms with E-state index in [4.69, 9.17) is 4.74 Å². The average Bonchev–Trinajstić information content (AvgIpc) is 2.67. The lowest BCUT2D eigenvalue weighted by molar-refractivity contribution is 0.0589. The molecule has 0 fully saturated rings. The summed E-state index contributed by atoms with van der Waals surface area (Å²) in [5, 5.41) is 0. The molecule has 2 aromatic carbocycles. The van der Waals surface area contributed by atoms with Crippen molar-refractivity contribution < 1.29 is 4.74 Å². The van der Waals surface area contributed by atoms with Crippen LogP contribution in [-0.2, 0) is 30.9 Å². The highest BCUT2D eigenvalue weighted by Crippen LogP contribution is 2.13. The van der Waals surface area contributed by atoms with Crippen LogP contribution < -0.4 is 11.2 Å². The summed E-state index contributed by atoms with van der Waals surface area (Å²) in [5.74, 6) is 0. The first kappa shape index (κ1) is 18.9. The van der Waals surface area contributed by atoms with Gasteiger partial charge in [0.1, 0.15) is 6.73 Å². The van der Waals surface area contributed by atoms with E-state index >= 15 is 0 Å². The Labute approximate surface area is 158 Å². The molecule has 1 heterocycles. The van der Waals surface area contributed by atoms with Crippen LogP contribution in [0.4, 0.5) is 0 Å². The zero-order chi connectivity index (χ0) is 19.2. The first-order valence-electron chi connectivity index (χ1n) is 9.10. The lowest BCUT2D eigenvalue weighted by Crippen LogP contribution is -2.36. The number of H-pyrrole nitrogens is 1. The lowest BCUT2D eigenvalue weighted by atomic mass is 10.0. The molecule has 0 unspecified atom stereocenters. The normalized spacial score (nSPS) is 10.9. The van der Waals surface area contributed by atoms with E-state index in [1.54, 1.807) is 0 Å². The highest BCUT2D eigenvalue weighted by Gasteiger charge is 2.14. The van der Waals surface area contributed by atoms with Crippen LogP contribution in [0.2, 0.25) is 0 Å². The second kappa shape index (κ2) is 8.64. The minimum absolute atomic E-state index is 0.0959. The first-order chi connectivity index (χ1) is 13.1. The first-order valence-corrected chi connectivity index (χ1v) is 9.10. The number of rotatable bonds is 7. The van der Waals surface area contributed by atoms with Gasteiger partial charge in [-0.3, -0.25) is 14.3 Å². The van der Waals surface area contributed by atoms with Crippen molar-refractivity contribution in [2.45, 2.75) is 40.0 Å². The van der Waals surface area contributed by atoms with Gasteiger partial charge in [0.05, 0.1) is 6.61 Å². The van der Waals surface area contributed by atoms with E-state index in [2.05, 4.69) is 4.98 Å². The van der Waals surface area contributed by atoms with Crippen molar-refractivity contribution in [2.24, 2.45) is 0 Å². The molecule has 3 rings (SSSR count). The van der Waals surface area contributed by atoms with E-state index in [1.165, 1.54) is 10.1 Å². The Morgan fingerprint density at radius 3 is 2.33 bits per heavy atom. The van der Waals surface area contributed by atoms with Gasteiger partial charge >= 0.3 is 5.69 Å². The van der Waals surface area contributed by atoms with Crippen LogP contribution in [0.5, 0.6) is 0 Å². The van der Waals surface area contributed by atoms with Gasteiger partial charge < -0.3 is 4.74 Å². The summed E-state index contributed by atoms with van der Waals surface area (Å²) in [4.78, 5) is 27.1. The second-order valence-corrected chi connectivity index (χ2v) is 6.59. The third kappa shape index (κ3) is 4.63. The van der Waals surface area contributed by atoms with Crippen LogP contribution in [0, 0.1) is 6.92 Å². The maximum Gasteiger partial charge on any atom is 0.330 e. The number of aryl methyl sites for hydroxylation is 1. The number of nitrogens with one attached hydrogen (secondary N) is 1. The molecule has 0 spiro atoms. The van der Waals surface area contributed by atoms with Gasteiger partial charge in [-0.15, -0.1) is 0 Å². The van der Waals surface area contributed by atoms with Crippen LogP contribution in [0.25, 0.3) is 0 Å². The smallest absolute Gasteiger partial charge is 0.330 e. The molecule has 0 aliphatic rings. The summed E-state index contributed by atoms with van der Waals surface area (Å²) in [6.07, 6.45) is 1.06. The van der Waals surface area contributed by atoms with E-state index in [0.29, 0.717) is 30.7 Å². The molecule has 0 bridgehead atoms. The van der Waals surface area contributed by atoms with Crippen LogP contribution in [0.3, 0.4) is 0 Å². The number of aromatic amines is 1. The summed E-state index contributed by atoms with van der Waals surface area (Å²) < 4.78 is 7.30. The fraction of sp³-hybridized carbons (Fsp3) is 0.273. The van der Waals surface area contributed by atoms with Gasteiger partial charge in [0.25, 0.3) is 5.56 Å². The maximum atomic E-state index is 12.4. The molecule has 0 atom stereocenters. The van der Waals surface area contributed by atoms with Gasteiger partial charge in [-0.2, -0.15) is 0 Å². The van der Waals surface area contributed by atoms with Gasteiger partial charge in [0, 0.05) is 17.7 Å². The summed E-state index contributed by atoms with van der Waals surface area (Å²) in [6.45, 7) is 4.45. The van der Waals surface area contributed by atoms with E-state index in [0.717, 1.165) is 11.1 Å². The predicted octanol–water partition coefficient (Wildman–Crippen LogP) is 3.17. The van der Waals surface area contributed by atoms with Gasteiger partial charge in [-0.05, 0) is 24.5 Å². The van der Waals surface area contributed by atoms with Crippen molar-refractivity contribution in [1.82, 2.24) is 9.55 Å². The lowest BCUT2D eigenvalue weighted by Gasteiger charge is -2.16. The average molecular weight is 364 g/mol. The highest BCUT2D eigenvalue weighted by molar-refractivity contribution is 5.29. The number of benzene rings is 2. The molecule has 0 radical (unpaired) electrons. The summed E-state index contributed by atoms with van der Waals surface area (Å²) >= 11 is 0. The van der Waals surface area contributed by atoms with Crippen molar-refractivity contribution >= 4 is 0 Å². The van der Waals surface area contributed by atoms with Crippen LogP contribution >= 0.6 is 0 Å². The minimum Gasteiger partial charge on any atom is -0.356 e. The molecular weight excluding hydrogens is 340 g/mol. The van der Waals surface area contributed by atoms with Crippen molar-refractivity contribution in [2.75, 3.05) is 0 Å². The monoisotopic (exact) mass is 364 g/mol. The van der Waals surface area contributed by atoms with Crippen molar-refractivity contribution in [3.63, 3.8) is 0 Å². The molecule has 5 heteroatoms. The standard InChI is InChI=1S/C22H24N2O3/c1-3-19-20(13-17-11-9-16(2)10-12-17)24(22(26)23-21(19)25)15-27-14-18-7-5-4-6-8-18/h4-12H,3,13-15H2,1-2H3,(H,23,25,26). The number of aromatic nitrogens is 2. The largest absolute Gasteiger partial charge is 0.356 e. The molecule has 140 valence electrons. The molecule has 0 aliphatic carbocycles. The summed E-state index contributed by atoms with van der Waals surface area (Å²) in [7, 11) is 0. The van der Waals surface area contributed by atoms with Crippen molar-refractivity contribution in [1.29, 1.82) is 0 Å². The van der Waals surface area contributed by atoms with E-state index in [-0.39, 0.29) is 12.3 Å². The quantitative estimate of drug-likeness (QED) is 0.700. The maximum absolute atomic E-state index is 12.4. The summed E-state index contributed by atoms with van der Waals surface area (Å²) in [5.41, 5.74) is 3.84. The fourth-order valence-electron chi connectivity index (χ4n) is 3.09. The Bertz CT molecular complexity index is 1000. The van der Waals surface area contributed by atoms with Crippen molar-refractivity contribution in [3.05, 3.63) is 103 Å². The molecule has 3 aromatic rings. The molecular formula is C22H24N2O3. The third-order valence-corrected chi connectivity index (χ3v) is 4.59. The van der Waals surface area contributed by atoms with Crippen LogP contribution in [0.15, 0.2) is 64.2 Å². The Morgan fingerprint density at radius 2 is 1.67 bits per heavy atom. The topological polar surface area (TPSA) is 64.1 Å². The Kier molecular flexibility index (Phi) is 6.04. The fourth-order valence-corrected chi connectivity index (χ4v) is 3.09. The highest BCUT2D eigenvalue weighted by atomic mass is 16.5. The second-order valence-electron chi connectivity index (χ2n) is 6.59. The Hall–Kier alpha value is -2.92. The minimum atomic E-state index is -0.438. The SMILES string of the molecule is CCc1c(Cc2ccc(C)cc2)n(COCc2ccccc2)c(=O)[nH]c1=O. The Balaban J connectivity index is 1.90. The van der Waals surface area contributed by atoms with Crippen LogP contribution in [-0.4, -0.2) is 9.55 Å². The van der Waals surface area contributed by atoms with E-state index < -0.39 is 5.69 Å². The van der Waals surface area contributed by atoms with E-state index in [1.807, 2.05) is 68.4 Å². The molecule has 5 nitrogen and oxygen atoms in total. The predicted molar refractivity (Wildman–Crippen MR) is 106 cm³/mol. The van der Waals surface area contributed by atoms with Crippen molar-refractivity contribution in [3.8, 4) is 0 Å². The van der Waals surface area contributed by atoms with Gasteiger partial charge in [-0.25, -0.2) is 4.79 Å². The summed E-state index contributed by atoms with van der Waals surface area (Å²) in [6, 6.07) is 17.9. The molecule has 1 aromatic heterocycles. The molecule has 1 N–H and O–H groups in total. The molecule has 0 amide bonds. The van der Waals surface area contributed by atoms with Crippen LogP contribution in [0.1, 0.15) is 34.9 Å².